The fraction of sp³-hybridized carbons (Fsp3) is 0.300. The van der Waals surface area contributed by atoms with Gasteiger partial charge in [-0.3, -0.25) is 14.9 Å². The van der Waals surface area contributed by atoms with Crippen molar-refractivity contribution in [1.29, 1.82) is 0 Å². The summed E-state index contributed by atoms with van der Waals surface area (Å²) >= 11 is 0.891. The van der Waals surface area contributed by atoms with Gasteiger partial charge in [0.2, 0.25) is 10.0 Å². The number of nitrogens with zero attached hydrogens (tertiary/aromatic N) is 1. The van der Waals surface area contributed by atoms with Gasteiger partial charge in [0.25, 0.3) is 5.69 Å². The van der Waals surface area contributed by atoms with Gasteiger partial charge in [-0.25, -0.2) is 13.6 Å². The van der Waals surface area contributed by atoms with Crippen LogP contribution in [-0.4, -0.2) is 31.7 Å². The molecule has 0 bridgehead atoms. The number of nitrogens with two attached hydrogens (primary N) is 1. The highest BCUT2D eigenvalue weighted by Gasteiger charge is 2.20. The molecular formula is C10H12N2O6S2. The molecule has 0 aliphatic heterocycles. The quantitative estimate of drug-likeness (QED) is 0.356. The van der Waals surface area contributed by atoms with E-state index in [1.807, 2.05) is 0 Å². The molecule has 0 aliphatic carbocycles. The van der Waals surface area contributed by atoms with E-state index in [0.29, 0.717) is 0 Å². The van der Waals surface area contributed by atoms with Crippen LogP contribution in [0.1, 0.15) is 6.92 Å². The summed E-state index contributed by atoms with van der Waals surface area (Å²) in [5.41, 5.74) is -0.425. The predicted octanol–water partition coefficient (Wildman–Crippen LogP) is 0.897. The van der Waals surface area contributed by atoms with E-state index in [9.17, 15) is 23.3 Å². The van der Waals surface area contributed by atoms with Crippen LogP contribution in [0.4, 0.5) is 5.69 Å². The Bertz CT molecular complexity index is 629. The third-order valence-electron chi connectivity index (χ3n) is 2.11. The number of rotatable bonds is 6. The standard InChI is InChI=1S/C10H12N2O6S2/c1-2-18-10(13)6-19-9-4-3-7(20(11,16)17)5-8(9)12(14)15/h3-5H,2,6H2,1H3,(H2,11,16,17). The van der Waals surface area contributed by atoms with Crippen molar-refractivity contribution in [2.24, 2.45) is 5.14 Å². The molecule has 20 heavy (non-hydrogen) atoms. The number of ether oxygens (including phenoxy) is 1. The van der Waals surface area contributed by atoms with E-state index in [1.165, 1.54) is 6.07 Å². The first-order valence-electron chi connectivity index (χ1n) is 5.35. The molecule has 0 spiro atoms. The van der Waals surface area contributed by atoms with Gasteiger partial charge in [0.15, 0.2) is 0 Å². The average Bonchev–Trinajstić information content (AvgIpc) is 2.35. The number of carbonyl (C=O) groups is 1. The summed E-state index contributed by atoms with van der Waals surface area (Å²) < 4.78 is 27.0. The highest BCUT2D eigenvalue weighted by atomic mass is 32.2. The highest BCUT2D eigenvalue weighted by Crippen LogP contribution is 2.31. The normalized spacial score (nSPS) is 11.1. The van der Waals surface area contributed by atoms with Crippen LogP contribution in [0.15, 0.2) is 28.0 Å². The molecule has 0 unspecified atom stereocenters. The molecule has 10 heteroatoms. The van der Waals surface area contributed by atoms with Crippen molar-refractivity contribution in [2.75, 3.05) is 12.4 Å². The fourth-order valence-electron chi connectivity index (χ4n) is 1.28. The van der Waals surface area contributed by atoms with Crippen molar-refractivity contribution < 1.29 is 22.9 Å². The highest BCUT2D eigenvalue weighted by molar-refractivity contribution is 8.00. The molecule has 0 heterocycles. The topological polar surface area (TPSA) is 130 Å². The van der Waals surface area contributed by atoms with E-state index in [0.717, 1.165) is 23.9 Å². The van der Waals surface area contributed by atoms with Crippen molar-refractivity contribution in [3.8, 4) is 0 Å². The van der Waals surface area contributed by atoms with E-state index < -0.39 is 26.6 Å². The SMILES string of the molecule is CCOC(=O)CSc1ccc(S(N)(=O)=O)cc1[N+](=O)[O-]. The van der Waals surface area contributed by atoms with Gasteiger partial charge in [0, 0.05) is 6.07 Å². The molecule has 0 saturated heterocycles. The van der Waals surface area contributed by atoms with E-state index in [1.54, 1.807) is 6.92 Å². The molecule has 0 radical (unpaired) electrons. The second-order valence-corrected chi connectivity index (χ2v) is 6.10. The summed E-state index contributed by atoms with van der Waals surface area (Å²) in [7, 11) is -4.02. The maximum absolute atomic E-state index is 11.2. The minimum Gasteiger partial charge on any atom is -0.465 e. The van der Waals surface area contributed by atoms with Gasteiger partial charge in [-0.1, -0.05) is 0 Å². The van der Waals surface area contributed by atoms with Crippen LogP contribution in [0.2, 0.25) is 0 Å². The third kappa shape index (κ3) is 4.47. The van der Waals surface area contributed by atoms with E-state index in [-0.39, 0.29) is 22.2 Å². The largest absolute Gasteiger partial charge is 0.465 e. The van der Waals surface area contributed by atoms with Crippen molar-refractivity contribution in [3.63, 3.8) is 0 Å². The molecule has 2 N–H and O–H groups in total. The first kappa shape index (κ1) is 16.4. The molecule has 8 nitrogen and oxygen atoms in total. The Kier molecular flexibility index (Phi) is 5.48. The fourth-order valence-corrected chi connectivity index (χ4v) is 2.61. The third-order valence-corrected chi connectivity index (χ3v) is 4.05. The number of nitro groups is 1. The van der Waals surface area contributed by atoms with Crippen LogP contribution in [-0.2, 0) is 19.6 Å². The molecule has 0 atom stereocenters. The molecule has 0 saturated carbocycles. The molecule has 110 valence electrons. The van der Waals surface area contributed by atoms with Gasteiger partial charge in [0.05, 0.1) is 27.1 Å². The van der Waals surface area contributed by atoms with Crippen molar-refractivity contribution in [2.45, 2.75) is 16.7 Å². The minimum absolute atomic E-state index is 0.108. The van der Waals surface area contributed by atoms with Gasteiger partial charge in [-0.15, -0.1) is 11.8 Å². The van der Waals surface area contributed by atoms with Crippen LogP contribution in [0, 0.1) is 10.1 Å². The molecule has 0 aromatic heterocycles. The minimum atomic E-state index is -4.02. The number of thioether (sulfide) groups is 1. The lowest BCUT2D eigenvalue weighted by atomic mass is 10.3. The monoisotopic (exact) mass is 320 g/mol. The van der Waals surface area contributed by atoms with E-state index in [4.69, 9.17) is 9.88 Å². The summed E-state index contributed by atoms with van der Waals surface area (Å²) in [4.78, 5) is 21.2. The van der Waals surface area contributed by atoms with E-state index >= 15 is 0 Å². The Labute approximate surface area is 119 Å². The Morgan fingerprint density at radius 3 is 2.65 bits per heavy atom. The summed E-state index contributed by atoms with van der Waals surface area (Å²) in [5, 5.41) is 15.8. The van der Waals surface area contributed by atoms with Crippen LogP contribution < -0.4 is 5.14 Å². The Morgan fingerprint density at radius 1 is 1.50 bits per heavy atom. The molecular weight excluding hydrogens is 308 g/mol. The van der Waals surface area contributed by atoms with Crippen molar-refractivity contribution >= 4 is 33.4 Å². The summed E-state index contributed by atoms with van der Waals surface area (Å²) in [6.45, 7) is 1.86. The van der Waals surface area contributed by atoms with Crippen molar-refractivity contribution in [3.05, 3.63) is 28.3 Å². The molecule has 0 aliphatic rings. The van der Waals surface area contributed by atoms with Crippen LogP contribution >= 0.6 is 11.8 Å². The second-order valence-electron chi connectivity index (χ2n) is 3.53. The number of sulfonamides is 1. The first-order valence-corrected chi connectivity index (χ1v) is 7.88. The summed E-state index contributed by atoms with van der Waals surface area (Å²) in [5.74, 6) is -0.619. The Hall–Kier alpha value is -1.65. The summed E-state index contributed by atoms with van der Waals surface area (Å²) in [6.07, 6.45) is 0. The molecule has 0 amide bonds. The van der Waals surface area contributed by atoms with E-state index in [2.05, 4.69) is 0 Å². The first-order chi connectivity index (χ1) is 9.25. The van der Waals surface area contributed by atoms with Gasteiger partial charge in [-0.2, -0.15) is 0 Å². The maximum atomic E-state index is 11.2. The van der Waals surface area contributed by atoms with Crippen LogP contribution in [0.5, 0.6) is 0 Å². The zero-order valence-electron chi connectivity index (χ0n) is 10.4. The maximum Gasteiger partial charge on any atom is 0.316 e. The average molecular weight is 320 g/mol. The number of hydrogen-bond donors (Lipinski definition) is 1. The van der Waals surface area contributed by atoms with Gasteiger partial charge < -0.3 is 4.74 Å². The van der Waals surface area contributed by atoms with Gasteiger partial charge in [-0.05, 0) is 19.1 Å². The number of primary sulfonamides is 1. The van der Waals surface area contributed by atoms with Crippen LogP contribution in [0.3, 0.4) is 0 Å². The van der Waals surface area contributed by atoms with Crippen molar-refractivity contribution in [1.82, 2.24) is 0 Å². The van der Waals surface area contributed by atoms with Gasteiger partial charge >= 0.3 is 5.97 Å². The lowest BCUT2D eigenvalue weighted by Gasteiger charge is -2.05. The summed E-state index contributed by atoms with van der Waals surface area (Å²) in [6, 6.07) is 3.25. The Morgan fingerprint density at radius 2 is 2.15 bits per heavy atom. The molecule has 1 rings (SSSR count). The van der Waals surface area contributed by atoms with Gasteiger partial charge in [0.1, 0.15) is 0 Å². The number of benzene rings is 1. The zero-order valence-corrected chi connectivity index (χ0v) is 12.1. The molecule has 1 aromatic carbocycles. The number of hydrogen-bond acceptors (Lipinski definition) is 7. The lowest BCUT2D eigenvalue weighted by Crippen LogP contribution is -2.12. The smallest absolute Gasteiger partial charge is 0.316 e. The second kappa shape index (κ2) is 6.68. The number of esters is 1. The van der Waals surface area contributed by atoms with Crippen LogP contribution in [0.25, 0.3) is 0 Å². The Balaban J connectivity index is 3.03. The lowest BCUT2D eigenvalue weighted by molar-refractivity contribution is -0.388. The molecule has 1 aromatic rings. The predicted molar refractivity (Wildman–Crippen MR) is 71.8 cm³/mol. The molecule has 0 fully saturated rings. The zero-order chi connectivity index (χ0) is 15.3. The number of carbonyl (C=O) groups excluding carboxylic acids is 1. The number of nitro benzene ring substituents is 1.